The molecule has 17 heavy (non-hydrogen) atoms. The first-order chi connectivity index (χ1) is 8.08. The van der Waals surface area contributed by atoms with Gasteiger partial charge in [0.05, 0.1) is 0 Å². The highest BCUT2D eigenvalue weighted by atomic mass is 79.9. The van der Waals surface area contributed by atoms with Crippen molar-refractivity contribution in [3.63, 3.8) is 0 Å². The van der Waals surface area contributed by atoms with E-state index in [9.17, 15) is 4.79 Å². The summed E-state index contributed by atoms with van der Waals surface area (Å²) < 4.78 is 0.920. The summed E-state index contributed by atoms with van der Waals surface area (Å²) in [6, 6.07) is 5.52. The third-order valence-electron chi connectivity index (χ3n) is 3.67. The minimum absolute atomic E-state index is 0.176. The van der Waals surface area contributed by atoms with E-state index in [-0.39, 0.29) is 11.7 Å². The van der Waals surface area contributed by atoms with Gasteiger partial charge in [-0.3, -0.25) is 4.79 Å². The number of nitrogen functional groups attached to an aromatic ring is 1. The Morgan fingerprint density at radius 2 is 1.94 bits per heavy atom. The standard InChI is InChI=1S/C14H18BrNO/c1-9-2-4-10(5-3-9)14(17)12-7-6-11(15)8-13(12)16/h6-10H,2-5,16H2,1H3. The van der Waals surface area contributed by atoms with E-state index < -0.39 is 0 Å². The van der Waals surface area contributed by atoms with Crippen molar-refractivity contribution in [1.82, 2.24) is 0 Å². The molecule has 3 heteroatoms. The molecule has 1 fully saturated rings. The number of ketones is 1. The van der Waals surface area contributed by atoms with Crippen LogP contribution >= 0.6 is 15.9 Å². The summed E-state index contributed by atoms with van der Waals surface area (Å²) in [4.78, 5) is 12.3. The largest absolute Gasteiger partial charge is 0.398 e. The minimum Gasteiger partial charge on any atom is -0.398 e. The molecule has 0 aromatic heterocycles. The quantitative estimate of drug-likeness (QED) is 0.661. The molecule has 1 aromatic carbocycles. The molecular formula is C14H18BrNO. The van der Waals surface area contributed by atoms with E-state index in [0.29, 0.717) is 11.3 Å². The van der Waals surface area contributed by atoms with Crippen LogP contribution in [0.5, 0.6) is 0 Å². The van der Waals surface area contributed by atoms with Crippen molar-refractivity contribution in [2.75, 3.05) is 5.73 Å². The predicted molar refractivity (Wildman–Crippen MR) is 74.0 cm³/mol. The monoisotopic (exact) mass is 295 g/mol. The fourth-order valence-electron chi connectivity index (χ4n) is 2.50. The van der Waals surface area contributed by atoms with Crippen molar-refractivity contribution in [3.8, 4) is 0 Å². The van der Waals surface area contributed by atoms with Gasteiger partial charge in [-0.25, -0.2) is 0 Å². The molecule has 0 saturated heterocycles. The average Bonchev–Trinajstić information content (AvgIpc) is 2.29. The maximum Gasteiger partial charge on any atom is 0.168 e. The molecule has 0 bridgehead atoms. The Hall–Kier alpha value is -0.830. The number of carbonyl (C=O) groups is 1. The molecule has 0 aliphatic heterocycles. The molecular weight excluding hydrogens is 278 g/mol. The number of hydrogen-bond donors (Lipinski definition) is 1. The van der Waals surface area contributed by atoms with Gasteiger partial charge in [-0.2, -0.15) is 0 Å². The number of hydrogen-bond acceptors (Lipinski definition) is 2. The summed E-state index contributed by atoms with van der Waals surface area (Å²) >= 11 is 3.36. The lowest BCUT2D eigenvalue weighted by atomic mass is 9.79. The van der Waals surface area contributed by atoms with Crippen molar-refractivity contribution in [3.05, 3.63) is 28.2 Å². The van der Waals surface area contributed by atoms with Gasteiger partial charge < -0.3 is 5.73 Å². The minimum atomic E-state index is 0.176. The van der Waals surface area contributed by atoms with E-state index in [1.807, 2.05) is 12.1 Å². The molecule has 1 aromatic rings. The lowest BCUT2D eigenvalue weighted by Gasteiger charge is -2.25. The first-order valence-electron chi connectivity index (χ1n) is 6.17. The fraction of sp³-hybridized carbons (Fsp3) is 0.500. The SMILES string of the molecule is CC1CCC(C(=O)c2ccc(Br)cc2N)CC1. The second-order valence-corrected chi connectivity index (χ2v) is 5.97. The Morgan fingerprint density at radius 3 is 2.53 bits per heavy atom. The van der Waals surface area contributed by atoms with Gasteiger partial charge in [0, 0.05) is 21.6 Å². The molecule has 0 atom stereocenters. The fourth-order valence-corrected chi connectivity index (χ4v) is 2.88. The van der Waals surface area contributed by atoms with Gasteiger partial charge in [-0.1, -0.05) is 35.7 Å². The van der Waals surface area contributed by atoms with Crippen LogP contribution in [0.4, 0.5) is 5.69 Å². The van der Waals surface area contributed by atoms with Crippen molar-refractivity contribution >= 4 is 27.4 Å². The van der Waals surface area contributed by atoms with Gasteiger partial charge in [-0.15, -0.1) is 0 Å². The molecule has 2 N–H and O–H groups in total. The van der Waals surface area contributed by atoms with Crippen LogP contribution in [0.25, 0.3) is 0 Å². The zero-order chi connectivity index (χ0) is 12.4. The van der Waals surface area contributed by atoms with E-state index in [2.05, 4.69) is 22.9 Å². The van der Waals surface area contributed by atoms with Crippen LogP contribution in [0.2, 0.25) is 0 Å². The van der Waals surface area contributed by atoms with Crippen molar-refractivity contribution in [2.24, 2.45) is 11.8 Å². The van der Waals surface area contributed by atoms with Gasteiger partial charge in [0.2, 0.25) is 0 Å². The topological polar surface area (TPSA) is 43.1 Å². The zero-order valence-electron chi connectivity index (χ0n) is 10.1. The first kappa shape index (κ1) is 12.6. The van der Waals surface area contributed by atoms with Crippen molar-refractivity contribution < 1.29 is 4.79 Å². The maximum absolute atomic E-state index is 12.3. The highest BCUT2D eigenvalue weighted by molar-refractivity contribution is 9.10. The molecule has 2 nitrogen and oxygen atoms in total. The van der Waals surface area contributed by atoms with Crippen LogP contribution in [0.3, 0.4) is 0 Å². The second-order valence-electron chi connectivity index (χ2n) is 5.05. The van der Waals surface area contributed by atoms with Crippen molar-refractivity contribution in [2.45, 2.75) is 32.6 Å². The summed E-state index contributed by atoms with van der Waals surface area (Å²) in [6.07, 6.45) is 4.34. The molecule has 0 heterocycles. The molecule has 92 valence electrons. The molecule has 0 unspecified atom stereocenters. The summed E-state index contributed by atoms with van der Waals surface area (Å²) in [7, 11) is 0. The normalized spacial score (nSPS) is 24.6. The highest BCUT2D eigenvalue weighted by Crippen LogP contribution is 2.32. The van der Waals surface area contributed by atoms with Gasteiger partial charge in [0.25, 0.3) is 0 Å². The van der Waals surface area contributed by atoms with Gasteiger partial charge in [0.1, 0.15) is 0 Å². The maximum atomic E-state index is 12.3. The summed E-state index contributed by atoms with van der Waals surface area (Å²) in [6.45, 7) is 2.26. The predicted octanol–water partition coefficient (Wildman–Crippen LogP) is 4.04. The highest BCUT2D eigenvalue weighted by Gasteiger charge is 2.26. The van der Waals surface area contributed by atoms with Crippen LogP contribution in [0.1, 0.15) is 43.0 Å². The van der Waals surface area contributed by atoms with Crippen LogP contribution in [-0.2, 0) is 0 Å². The van der Waals surface area contributed by atoms with Crippen LogP contribution in [0.15, 0.2) is 22.7 Å². The number of rotatable bonds is 2. The molecule has 1 aliphatic carbocycles. The van der Waals surface area contributed by atoms with E-state index in [1.54, 1.807) is 6.07 Å². The number of anilines is 1. The van der Waals surface area contributed by atoms with Crippen LogP contribution < -0.4 is 5.73 Å². The number of halogens is 1. The Bertz CT molecular complexity index is 422. The summed E-state index contributed by atoms with van der Waals surface area (Å²) in [5.74, 6) is 1.16. The molecule has 1 saturated carbocycles. The van der Waals surface area contributed by atoms with E-state index in [4.69, 9.17) is 5.73 Å². The molecule has 2 rings (SSSR count). The number of nitrogens with two attached hydrogens (primary N) is 1. The Kier molecular flexibility index (Phi) is 3.87. The lowest BCUT2D eigenvalue weighted by molar-refractivity contribution is 0.0876. The second kappa shape index (κ2) is 5.21. The number of Topliss-reactive ketones (excluding diaryl/α,β-unsaturated/α-hetero) is 1. The third kappa shape index (κ3) is 2.89. The Labute approximate surface area is 111 Å². The molecule has 0 radical (unpaired) electrons. The summed E-state index contributed by atoms with van der Waals surface area (Å²) in [5, 5.41) is 0. The van der Waals surface area contributed by atoms with E-state index >= 15 is 0 Å². The smallest absolute Gasteiger partial charge is 0.168 e. The Balaban J connectivity index is 2.14. The van der Waals surface area contributed by atoms with E-state index in [1.165, 1.54) is 0 Å². The van der Waals surface area contributed by atoms with Crippen molar-refractivity contribution in [1.29, 1.82) is 0 Å². The van der Waals surface area contributed by atoms with E-state index in [0.717, 1.165) is 36.1 Å². The van der Waals surface area contributed by atoms with Crippen LogP contribution in [0, 0.1) is 11.8 Å². The van der Waals surface area contributed by atoms with Gasteiger partial charge in [0.15, 0.2) is 5.78 Å². The molecule has 0 spiro atoms. The molecule has 0 amide bonds. The number of benzene rings is 1. The third-order valence-corrected chi connectivity index (χ3v) is 4.16. The first-order valence-corrected chi connectivity index (χ1v) is 6.96. The lowest BCUT2D eigenvalue weighted by Crippen LogP contribution is -2.21. The number of carbonyl (C=O) groups excluding carboxylic acids is 1. The molecule has 1 aliphatic rings. The Morgan fingerprint density at radius 1 is 1.29 bits per heavy atom. The average molecular weight is 296 g/mol. The summed E-state index contributed by atoms with van der Waals surface area (Å²) in [5.41, 5.74) is 7.18. The van der Waals surface area contributed by atoms with Gasteiger partial charge in [-0.05, 0) is 37.0 Å². The van der Waals surface area contributed by atoms with Crippen LogP contribution in [-0.4, -0.2) is 5.78 Å². The van der Waals surface area contributed by atoms with Gasteiger partial charge >= 0.3 is 0 Å². The zero-order valence-corrected chi connectivity index (χ0v) is 11.7.